The van der Waals surface area contributed by atoms with Crippen molar-refractivity contribution in [1.29, 1.82) is 0 Å². The van der Waals surface area contributed by atoms with Gasteiger partial charge in [-0.15, -0.1) is 0 Å². The summed E-state index contributed by atoms with van der Waals surface area (Å²) in [6, 6.07) is 41.7. The maximum Gasteiger partial charge on any atom is 0.479 e. The quantitative estimate of drug-likeness (QED) is 0.0256. The van der Waals surface area contributed by atoms with E-state index < -0.39 is 57.1 Å². The second-order valence-corrected chi connectivity index (χ2v) is 37.9. The van der Waals surface area contributed by atoms with Gasteiger partial charge in [0.25, 0.3) is 0 Å². The Balaban J connectivity index is 2.23. The Labute approximate surface area is 619 Å². The third kappa shape index (κ3) is 19.4. The fourth-order valence-corrected chi connectivity index (χ4v) is 17.9. The van der Waals surface area contributed by atoms with Gasteiger partial charge in [0.05, 0.1) is 0 Å². The Morgan fingerprint density at radius 2 is 0.446 bits per heavy atom. The standard InChI is InChI=1S/C96H141O4P/c1-31-37-40-43-46-73(34-4)94(76-55-49-67(7)61-82(76)88(13,14)15,77-56-50-68(8)62-83(77)89(16,17)18)98-101(97,99-95(74(35-5)47-44-41-38-32-2,78-57-51-69(9)63-84(78)90(19,20)21)79-58-52-70(10)64-85(79)91(22,23)24)100-96(75(36-6)48-45-42-39-33-3,80-59-53-71(11)65-86(80)92(25,26)27)81-60-54-72(12)66-87(81)93(28,29)30/h34-36,49-66H,31-33,37-48H2,1-30H3/b73-34+,74-35+,75-36+. The van der Waals surface area contributed by atoms with Gasteiger partial charge >= 0.3 is 7.82 Å². The van der Waals surface area contributed by atoms with Crippen molar-refractivity contribution in [2.75, 3.05) is 0 Å². The van der Waals surface area contributed by atoms with E-state index in [1.54, 1.807) is 0 Å². The van der Waals surface area contributed by atoms with E-state index in [1.165, 1.54) is 0 Å². The number of hydrogen-bond acceptors (Lipinski definition) is 4. The van der Waals surface area contributed by atoms with Gasteiger partial charge in [-0.3, -0.25) is 13.6 Å². The summed E-state index contributed by atoms with van der Waals surface area (Å²) in [6.45, 7) is 68.6. The van der Waals surface area contributed by atoms with Crippen LogP contribution < -0.4 is 0 Å². The Morgan fingerprint density at radius 1 is 0.277 bits per heavy atom. The molecule has 6 rings (SSSR count). The minimum Gasteiger partial charge on any atom is -0.266 e. The molecule has 0 aliphatic heterocycles. The summed E-state index contributed by atoms with van der Waals surface area (Å²) < 4.78 is 48.6. The first-order valence-electron chi connectivity index (χ1n) is 39.3. The van der Waals surface area contributed by atoms with Crippen LogP contribution in [0, 0.1) is 41.5 Å². The highest BCUT2D eigenvalue weighted by atomic mass is 31.2. The number of phosphoric ester groups is 1. The van der Waals surface area contributed by atoms with E-state index >= 15 is 4.57 Å². The fraction of sp³-hybridized carbons (Fsp3) is 0.562. The molecule has 0 saturated carbocycles. The molecule has 101 heavy (non-hydrogen) atoms. The molecular formula is C96H141O4P. The van der Waals surface area contributed by atoms with Crippen LogP contribution in [0.4, 0.5) is 0 Å². The van der Waals surface area contributed by atoms with E-state index in [4.69, 9.17) is 0 Å². The number of benzene rings is 6. The first kappa shape index (κ1) is 84.6. The van der Waals surface area contributed by atoms with E-state index in [-0.39, 0.29) is 0 Å². The lowest BCUT2D eigenvalue weighted by Gasteiger charge is -2.50. The average Bonchev–Trinajstić information content (AvgIpc) is 0.704. The number of hydrogen-bond donors (Lipinski definition) is 0. The Hall–Kier alpha value is -5.35. The predicted molar refractivity (Wildman–Crippen MR) is 440 cm³/mol. The topological polar surface area (TPSA) is 44.8 Å². The van der Waals surface area contributed by atoms with Crippen LogP contribution in [0.1, 0.15) is 363 Å². The van der Waals surface area contributed by atoms with E-state index in [9.17, 15) is 13.6 Å². The molecule has 0 radical (unpaired) electrons. The summed E-state index contributed by atoms with van der Waals surface area (Å²) >= 11 is 0. The molecule has 554 valence electrons. The molecule has 0 unspecified atom stereocenters. The lowest BCUT2D eigenvalue weighted by Crippen LogP contribution is -2.44. The predicted octanol–water partition coefficient (Wildman–Crippen LogP) is 29.4. The van der Waals surface area contributed by atoms with Crippen molar-refractivity contribution in [3.63, 3.8) is 0 Å². The summed E-state index contributed by atoms with van der Waals surface area (Å²) in [5, 5.41) is 0. The highest BCUT2D eigenvalue weighted by Crippen LogP contribution is 2.71. The normalized spacial score (nSPS) is 14.0. The summed E-state index contributed by atoms with van der Waals surface area (Å²) in [5.41, 5.74) is 14.5. The lowest BCUT2D eigenvalue weighted by molar-refractivity contribution is -0.0201. The van der Waals surface area contributed by atoms with Crippen LogP contribution >= 0.6 is 7.82 Å². The van der Waals surface area contributed by atoms with Gasteiger partial charge in [-0.2, -0.15) is 0 Å². The maximum atomic E-state index is 20.9. The van der Waals surface area contributed by atoms with Gasteiger partial charge < -0.3 is 0 Å². The summed E-state index contributed by atoms with van der Waals surface area (Å²) in [6.07, 6.45) is 21.2. The zero-order valence-electron chi connectivity index (χ0n) is 69.8. The van der Waals surface area contributed by atoms with Gasteiger partial charge in [0.15, 0.2) is 16.8 Å². The minimum atomic E-state index is -5.54. The summed E-state index contributed by atoms with van der Waals surface area (Å²) in [7, 11) is -5.54. The second kappa shape index (κ2) is 33.8. The lowest BCUT2D eigenvalue weighted by atomic mass is 9.68. The summed E-state index contributed by atoms with van der Waals surface area (Å²) in [4.78, 5) is 0. The zero-order valence-corrected chi connectivity index (χ0v) is 70.7. The maximum absolute atomic E-state index is 20.9. The van der Waals surface area contributed by atoms with Crippen molar-refractivity contribution in [2.45, 2.75) is 353 Å². The molecule has 5 heteroatoms. The van der Waals surface area contributed by atoms with Crippen LogP contribution in [0.3, 0.4) is 0 Å². The molecule has 0 fully saturated rings. The van der Waals surface area contributed by atoms with Gasteiger partial charge in [-0.05, 0) is 217 Å². The number of allylic oxidation sites excluding steroid dienone is 3. The van der Waals surface area contributed by atoms with Crippen molar-refractivity contribution in [2.24, 2.45) is 0 Å². The van der Waals surface area contributed by atoms with Gasteiger partial charge in [-0.1, -0.05) is 364 Å². The molecule has 0 aliphatic carbocycles. The Morgan fingerprint density at radius 3 is 0.584 bits per heavy atom. The average molecular weight is 1390 g/mol. The van der Waals surface area contributed by atoms with Crippen molar-refractivity contribution in [1.82, 2.24) is 0 Å². The molecule has 4 nitrogen and oxygen atoms in total. The van der Waals surface area contributed by atoms with Gasteiger partial charge in [0.1, 0.15) is 0 Å². The van der Waals surface area contributed by atoms with E-state index in [0.29, 0.717) is 19.3 Å². The molecule has 6 aromatic rings. The molecule has 0 N–H and O–H groups in total. The molecule has 0 atom stereocenters. The molecule has 0 amide bonds. The number of unbranched alkanes of at least 4 members (excludes halogenated alkanes) is 9. The van der Waals surface area contributed by atoms with Crippen molar-refractivity contribution in [3.8, 4) is 0 Å². The first-order valence-corrected chi connectivity index (χ1v) is 40.8. The van der Waals surface area contributed by atoms with Crippen LogP contribution in [-0.2, 0) is 67.4 Å². The molecule has 0 aromatic heterocycles. The van der Waals surface area contributed by atoms with Gasteiger partial charge in [0, 0.05) is 0 Å². The van der Waals surface area contributed by atoms with E-state index in [2.05, 4.69) is 335 Å². The van der Waals surface area contributed by atoms with Crippen molar-refractivity contribution in [3.05, 3.63) is 244 Å². The summed E-state index contributed by atoms with van der Waals surface area (Å²) in [5.74, 6) is 0. The largest absolute Gasteiger partial charge is 0.479 e. The monoisotopic (exact) mass is 1390 g/mol. The molecule has 0 heterocycles. The first-order chi connectivity index (χ1) is 46.9. The van der Waals surface area contributed by atoms with Crippen LogP contribution in [0.2, 0.25) is 0 Å². The third-order valence-electron chi connectivity index (χ3n) is 21.2. The highest BCUT2D eigenvalue weighted by Gasteiger charge is 2.60. The third-order valence-corrected chi connectivity index (χ3v) is 22.7. The Bertz CT molecular complexity index is 3310. The smallest absolute Gasteiger partial charge is 0.266 e. The second-order valence-electron chi connectivity index (χ2n) is 36.4. The van der Waals surface area contributed by atoms with Crippen LogP contribution in [0.25, 0.3) is 0 Å². The van der Waals surface area contributed by atoms with Crippen molar-refractivity contribution >= 4 is 7.82 Å². The molecule has 6 aromatic carbocycles. The van der Waals surface area contributed by atoms with Crippen LogP contribution in [0.15, 0.2) is 144 Å². The number of aryl methyl sites for hydroxylation is 6. The van der Waals surface area contributed by atoms with Crippen LogP contribution in [-0.4, -0.2) is 0 Å². The van der Waals surface area contributed by atoms with E-state index in [0.717, 1.165) is 194 Å². The van der Waals surface area contributed by atoms with Gasteiger partial charge in [-0.25, -0.2) is 4.57 Å². The highest BCUT2D eigenvalue weighted by molar-refractivity contribution is 7.48. The fourth-order valence-electron chi connectivity index (χ4n) is 15.8. The van der Waals surface area contributed by atoms with Crippen LogP contribution in [0.5, 0.6) is 0 Å². The zero-order chi connectivity index (χ0) is 75.7. The number of rotatable bonds is 30. The van der Waals surface area contributed by atoms with E-state index in [1.807, 2.05) is 0 Å². The Kier molecular flexibility index (Phi) is 28.3. The molecule has 0 bridgehead atoms. The molecule has 0 aliphatic rings. The molecule has 0 saturated heterocycles. The van der Waals surface area contributed by atoms with Crippen molar-refractivity contribution < 1.29 is 18.1 Å². The number of phosphoric acid groups is 1. The minimum absolute atomic E-state index is 0.448. The van der Waals surface area contributed by atoms with Gasteiger partial charge in [0.2, 0.25) is 0 Å². The SMILES string of the molecule is C/C=C(\CCCCCC)C(OP(=O)(OC(/C(=C/C)CCCCCC)(c1ccc(C)cc1C(C)(C)C)c1ccc(C)cc1C(C)(C)C)OC(/C(=C/C)CCCCCC)(c1ccc(C)cc1C(C)(C)C)c1ccc(C)cc1C(C)(C)C)(c1ccc(C)cc1C(C)(C)C)c1ccc(C)cc1C(C)(C)C. The molecular weight excluding hydrogens is 1250 g/mol. The molecule has 0 spiro atoms.